The van der Waals surface area contributed by atoms with Gasteiger partial charge in [-0.1, -0.05) is 236 Å². The normalized spacial score (nSPS) is 12.5. The maximum absolute atomic E-state index is 12.8. The van der Waals surface area contributed by atoms with Crippen LogP contribution in [0.25, 0.3) is 0 Å². The van der Waals surface area contributed by atoms with Crippen LogP contribution in [0.5, 0.6) is 0 Å². The first-order valence-corrected chi connectivity index (χ1v) is 25.8. The molecule has 1 unspecified atom stereocenters. The molecule has 61 heavy (non-hydrogen) atoms. The van der Waals surface area contributed by atoms with Crippen molar-refractivity contribution in [2.24, 2.45) is 0 Å². The minimum atomic E-state index is -0.792. The monoisotopic (exact) mass is 853 g/mol. The number of carbonyl (C=O) groups is 3. The second-order valence-corrected chi connectivity index (χ2v) is 17.1. The van der Waals surface area contributed by atoms with E-state index in [1.807, 2.05) is 0 Å². The van der Waals surface area contributed by atoms with Crippen molar-refractivity contribution in [3.63, 3.8) is 0 Å². The molecule has 0 N–H and O–H groups in total. The molecule has 1 atom stereocenters. The van der Waals surface area contributed by atoms with Crippen molar-refractivity contribution in [1.29, 1.82) is 0 Å². The van der Waals surface area contributed by atoms with Gasteiger partial charge in [0, 0.05) is 19.3 Å². The van der Waals surface area contributed by atoms with E-state index in [0.29, 0.717) is 19.3 Å². The van der Waals surface area contributed by atoms with Crippen LogP contribution in [-0.2, 0) is 28.6 Å². The molecule has 0 saturated heterocycles. The molecule has 0 aromatic carbocycles. The molecule has 0 spiro atoms. The van der Waals surface area contributed by atoms with Crippen LogP contribution in [0.2, 0.25) is 0 Å². The topological polar surface area (TPSA) is 78.9 Å². The number of rotatable bonds is 46. The highest BCUT2D eigenvalue weighted by molar-refractivity contribution is 5.71. The molecular formula is C55H96O6. The molecule has 0 rings (SSSR count). The first-order chi connectivity index (χ1) is 30.0. The highest BCUT2D eigenvalue weighted by Crippen LogP contribution is 2.15. The van der Waals surface area contributed by atoms with Gasteiger partial charge in [-0.15, -0.1) is 0 Å². The fourth-order valence-electron chi connectivity index (χ4n) is 7.18. The van der Waals surface area contributed by atoms with Crippen molar-refractivity contribution in [1.82, 2.24) is 0 Å². The largest absolute Gasteiger partial charge is 0.462 e. The fraction of sp³-hybridized carbons (Fsp3) is 0.764. The molecule has 6 heteroatoms. The van der Waals surface area contributed by atoms with E-state index in [-0.39, 0.29) is 37.5 Å². The van der Waals surface area contributed by atoms with Gasteiger partial charge in [-0.3, -0.25) is 14.4 Å². The lowest BCUT2D eigenvalue weighted by Gasteiger charge is -2.18. The lowest BCUT2D eigenvalue weighted by Crippen LogP contribution is -2.30. The predicted molar refractivity (Wildman–Crippen MR) is 261 cm³/mol. The summed E-state index contributed by atoms with van der Waals surface area (Å²) < 4.78 is 16.7. The predicted octanol–water partition coefficient (Wildman–Crippen LogP) is 16.9. The van der Waals surface area contributed by atoms with Crippen molar-refractivity contribution in [2.75, 3.05) is 13.2 Å². The van der Waals surface area contributed by atoms with E-state index in [2.05, 4.69) is 81.5 Å². The van der Waals surface area contributed by atoms with Crippen LogP contribution in [-0.4, -0.2) is 37.2 Å². The van der Waals surface area contributed by atoms with Gasteiger partial charge in [0.1, 0.15) is 13.2 Å². The summed E-state index contributed by atoms with van der Waals surface area (Å²) >= 11 is 0. The summed E-state index contributed by atoms with van der Waals surface area (Å²) in [5, 5.41) is 0. The molecule has 0 heterocycles. The Labute approximate surface area is 377 Å². The molecule has 0 aliphatic carbocycles. The van der Waals surface area contributed by atoms with E-state index in [0.717, 1.165) is 77.0 Å². The number of carbonyl (C=O) groups excluding carboxylic acids is 3. The average Bonchev–Trinajstić information content (AvgIpc) is 3.26. The number of allylic oxidation sites excluding steroid dienone is 10. The standard InChI is InChI=1S/C55H96O6/c1-4-7-10-13-16-19-22-25-27-28-29-31-33-36-39-42-45-48-54(57)60-51-52(50-59-53(56)47-44-41-38-35-32-24-21-18-15-12-9-6-3)61-55(58)49-46-43-40-37-34-30-26-23-20-17-14-11-8-5-2/h7,10,16,19,25,27,29,31,36,39,52H,4-6,8-9,11-15,17-18,20-24,26,28,30,32-35,37-38,40-51H2,1-3H3/b10-7-,19-16-,27-25-,31-29-,39-36-. The van der Waals surface area contributed by atoms with Crippen LogP contribution in [0.4, 0.5) is 0 Å². The van der Waals surface area contributed by atoms with Crippen molar-refractivity contribution >= 4 is 17.9 Å². The SMILES string of the molecule is CC/C=C\C/C=C\C/C=C\C/C=C\C/C=C\CCCC(=O)OCC(COC(=O)CCCCCCCCCCCCCC)OC(=O)CCCCCCCCCCCCCCCC. The van der Waals surface area contributed by atoms with E-state index in [4.69, 9.17) is 14.2 Å². The molecule has 0 aliphatic rings. The summed E-state index contributed by atoms with van der Waals surface area (Å²) in [6.45, 7) is 6.48. The summed E-state index contributed by atoms with van der Waals surface area (Å²) in [5.74, 6) is -0.943. The lowest BCUT2D eigenvalue weighted by atomic mass is 10.0. The number of ether oxygens (including phenoxy) is 3. The molecule has 0 aliphatic heterocycles. The summed E-state index contributed by atoms with van der Waals surface area (Å²) in [6, 6.07) is 0. The lowest BCUT2D eigenvalue weighted by molar-refractivity contribution is -0.167. The first-order valence-electron chi connectivity index (χ1n) is 25.8. The van der Waals surface area contributed by atoms with Gasteiger partial charge in [-0.25, -0.2) is 0 Å². The molecule has 352 valence electrons. The Balaban J connectivity index is 4.44. The van der Waals surface area contributed by atoms with E-state index in [1.165, 1.54) is 128 Å². The zero-order chi connectivity index (χ0) is 44.4. The van der Waals surface area contributed by atoms with Crippen molar-refractivity contribution in [3.05, 3.63) is 60.8 Å². The van der Waals surface area contributed by atoms with Gasteiger partial charge in [0.15, 0.2) is 6.10 Å². The molecule has 0 bridgehead atoms. The number of esters is 3. The van der Waals surface area contributed by atoms with E-state index >= 15 is 0 Å². The molecule has 0 fully saturated rings. The van der Waals surface area contributed by atoms with E-state index in [1.54, 1.807) is 0 Å². The second-order valence-electron chi connectivity index (χ2n) is 17.1. The Kier molecular flexibility index (Phi) is 47.4. The zero-order valence-electron chi connectivity index (χ0n) is 40.2. The van der Waals surface area contributed by atoms with Gasteiger partial charge in [-0.2, -0.15) is 0 Å². The summed E-state index contributed by atoms with van der Waals surface area (Å²) in [7, 11) is 0. The molecular weight excluding hydrogens is 757 g/mol. The third-order valence-corrected chi connectivity index (χ3v) is 11.0. The van der Waals surface area contributed by atoms with Crippen LogP contribution < -0.4 is 0 Å². The van der Waals surface area contributed by atoms with Crippen molar-refractivity contribution < 1.29 is 28.6 Å². The highest BCUT2D eigenvalue weighted by Gasteiger charge is 2.19. The molecule has 0 saturated carbocycles. The molecule has 6 nitrogen and oxygen atoms in total. The van der Waals surface area contributed by atoms with Gasteiger partial charge in [0.25, 0.3) is 0 Å². The summed E-state index contributed by atoms with van der Waals surface area (Å²) in [5.41, 5.74) is 0. The Morgan fingerprint density at radius 2 is 0.639 bits per heavy atom. The number of hydrogen-bond acceptors (Lipinski definition) is 6. The first kappa shape index (κ1) is 58.1. The Morgan fingerprint density at radius 3 is 1.00 bits per heavy atom. The smallest absolute Gasteiger partial charge is 0.306 e. The van der Waals surface area contributed by atoms with E-state index in [9.17, 15) is 14.4 Å². The maximum Gasteiger partial charge on any atom is 0.306 e. The summed E-state index contributed by atoms with van der Waals surface area (Å²) in [4.78, 5) is 37.9. The third-order valence-electron chi connectivity index (χ3n) is 11.0. The summed E-state index contributed by atoms with van der Waals surface area (Å²) in [6.07, 6.45) is 60.6. The quantitative estimate of drug-likeness (QED) is 0.0263. The van der Waals surface area contributed by atoms with Gasteiger partial charge in [0.2, 0.25) is 0 Å². The molecule has 0 aromatic heterocycles. The fourth-order valence-corrected chi connectivity index (χ4v) is 7.18. The van der Waals surface area contributed by atoms with Gasteiger partial charge in [-0.05, 0) is 57.8 Å². The molecule has 0 amide bonds. The minimum Gasteiger partial charge on any atom is -0.462 e. The number of hydrogen-bond donors (Lipinski definition) is 0. The van der Waals surface area contributed by atoms with Crippen LogP contribution in [0.15, 0.2) is 60.8 Å². The van der Waals surface area contributed by atoms with Crippen molar-refractivity contribution in [2.45, 2.75) is 258 Å². The van der Waals surface area contributed by atoms with Gasteiger partial charge < -0.3 is 14.2 Å². The van der Waals surface area contributed by atoms with Crippen LogP contribution in [0, 0.1) is 0 Å². The Hall–Kier alpha value is -2.89. The zero-order valence-corrected chi connectivity index (χ0v) is 40.2. The van der Waals surface area contributed by atoms with Gasteiger partial charge >= 0.3 is 17.9 Å². The molecule has 0 radical (unpaired) electrons. The maximum atomic E-state index is 12.8. The van der Waals surface area contributed by atoms with Crippen molar-refractivity contribution in [3.8, 4) is 0 Å². The second kappa shape index (κ2) is 49.8. The third kappa shape index (κ3) is 48.0. The van der Waals surface area contributed by atoms with Crippen LogP contribution in [0.1, 0.15) is 252 Å². The van der Waals surface area contributed by atoms with Crippen LogP contribution in [0.3, 0.4) is 0 Å². The molecule has 0 aromatic rings. The highest BCUT2D eigenvalue weighted by atomic mass is 16.6. The Morgan fingerprint density at radius 1 is 0.344 bits per heavy atom. The average molecular weight is 853 g/mol. The van der Waals surface area contributed by atoms with E-state index < -0.39 is 6.10 Å². The Bertz CT molecular complexity index is 1120. The number of unbranched alkanes of at least 4 members (excludes halogenated alkanes) is 25. The van der Waals surface area contributed by atoms with Crippen LogP contribution >= 0.6 is 0 Å². The minimum absolute atomic E-state index is 0.0884. The van der Waals surface area contributed by atoms with Gasteiger partial charge in [0.05, 0.1) is 0 Å².